The summed E-state index contributed by atoms with van der Waals surface area (Å²) in [5, 5.41) is 11.7. The summed E-state index contributed by atoms with van der Waals surface area (Å²) in [4.78, 5) is 0. The molecule has 0 aliphatic heterocycles. The molecule has 1 rings (SSSR count). The third-order valence-electron chi connectivity index (χ3n) is 2.09. The van der Waals surface area contributed by atoms with Crippen LogP contribution in [0.25, 0.3) is 0 Å². The van der Waals surface area contributed by atoms with E-state index in [1.165, 1.54) is 0 Å². The maximum Gasteiger partial charge on any atom is 0.173 e. The maximum atomic E-state index is 8.69. The van der Waals surface area contributed by atoms with E-state index in [1.807, 2.05) is 25.1 Å². The SMILES string of the molecule is Cc1ccc(OCC(C)C)c(/C(N)=N/O)c1. The van der Waals surface area contributed by atoms with Crippen LogP contribution in [0.1, 0.15) is 25.0 Å². The Morgan fingerprint density at radius 1 is 1.50 bits per heavy atom. The summed E-state index contributed by atoms with van der Waals surface area (Å²) in [6, 6.07) is 5.61. The number of nitrogens with two attached hydrogens (primary N) is 1. The molecule has 0 atom stereocenters. The molecular weight excluding hydrogens is 204 g/mol. The van der Waals surface area contributed by atoms with Gasteiger partial charge in [-0.05, 0) is 25.0 Å². The van der Waals surface area contributed by atoms with Crippen molar-refractivity contribution in [3.8, 4) is 5.75 Å². The minimum absolute atomic E-state index is 0.0717. The van der Waals surface area contributed by atoms with Crippen molar-refractivity contribution >= 4 is 5.84 Å². The third-order valence-corrected chi connectivity index (χ3v) is 2.09. The lowest BCUT2D eigenvalue weighted by molar-refractivity contribution is 0.270. The predicted molar refractivity (Wildman–Crippen MR) is 64.0 cm³/mol. The molecule has 0 heterocycles. The van der Waals surface area contributed by atoms with Crippen LogP contribution >= 0.6 is 0 Å². The summed E-state index contributed by atoms with van der Waals surface area (Å²) in [6.07, 6.45) is 0. The van der Waals surface area contributed by atoms with Crippen LogP contribution < -0.4 is 10.5 Å². The second-order valence-electron chi connectivity index (χ2n) is 4.19. The van der Waals surface area contributed by atoms with Gasteiger partial charge in [0.25, 0.3) is 0 Å². The van der Waals surface area contributed by atoms with E-state index in [0.717, 1.165) is 5.56 Å². The Labute approximate surface area is 95.7 Å². The molecule has 1 aromatic carbocycles. The number of nitrogens with zero attached hydrogens (tertiary/aromatic N) is 1. The van der Waals surface area contributed by atoms with Crippen LogP contribution in [-0.4, -0.2) is 17.6 Å². The smallest absolute Gasteiger partial charge is 0.173 e. The highest BCUT2D eigenvalue weighted by atomic mass is 16.5. The van der Waals surface area contributed by atoms with Gasteiger partial charge in [0, 0.05) is 0 Å². The van der Waals surface area contributed by atoms with Gasteiger partial charge in [-0.25, -0.2) is 0 Å². The lowest BCUT2D eigenvalue weighted by atomic mass is 10.1. The van der Waals surface area contributed by atoms with Crippen molar-refractivity contribution in [2.75, 3.05) is 6.61 Å². The highest BCUT2D eigenvalue weighted by Gasteiger charge is 2.09. The molecule has 0 bridgehead atoms. The molecule has 0 radical (unpaired) electrons. The Morgan fingerprint density at radius 2 is 2.19 bits per heavy atom. The van der Waals surface area contributed by atoms with Crippen LogP contribution in [0.5, 0.6) is 5.75 Å². The Morgan fingerprint density at radius 3 is 2.75 bits per heavy atom. The number of amidine groups is 1. The molecule has 0 saturated heterocycles. The van der Waals surface area contributed by atoms with Crippen molar-refractivity contribution in [3.63, 3.8) is 0 Å². The largest absolute Gasteiger partial charge is 0.493 e. The van der Waals surface area contributed by atoms with Gasteiger partial charge in [0.1, 0.15) is 5.75 Å². The second kappa shape index (κ2) is 5.39. The van der Waals surface area contributed by atoms with Gasteiger partial charge in [0.05, 0.1) is 12.2 Å². The van der Waals surface area contributed by atoms with Gasteiger partial charge in [0.15, 0.2) is 5.84 Å². The minimum Gasteiger partial charge on any atom is -0.493 e. The van der Waals surface area contributed by atoms with E-state index in [4.69, 9.17) is 15.7 Å². The summed E-state index contributed by atoms with van der Waals surface area (Å²) in [5.74, 6) is 1.15. The van der Waals surface area contributed by atoms with E-state index >= 15 is 0 Å². The summed E-state index contributed by atoms with van der Waals surface area (Å²) in [5.41, 5.74) is 7.26. The van der Waals surface area contributed by atoms with Gasteiger partial charge in [-0.15, -0.1) is 0 Å². The fourth-order valence-corrected chi connectivity index (χ4v) is 1.28. The highest BCUT2D eigenvalue weighted by molar-refractivity contribution is 5.99. The predicted octanol–water partition coefficient (Wildman–Crippen LogP) is 2.12. The monoisotopic (exact) mass is 222 g/mol. The van der Waals surface area contributed by atoms with Crippen molar-refractivity contribution < 1.29 is 9.94 Å². The fraction of sp³-hybridized carbons (Fsp3) is 0.417. The molecule has 0 amide bonds. The normalized spacial score (nSPS) is 11.9. The molecule has 0 aromatic heterocycles. The van der Waals surface area contributed by atoms with Gasteiger partial charge in [-0.2, -0.15) is 0 Å². The lowest BCUT2D eigenvalue weighted by Crippen LogP contribution is -2.16. The zero-order valence-electron chi connectivity index (χ0n) is 9.90. The molecule has 16 heavy (non-hydrogen) atoms. The van der Waals surface area contributed by atoms with Gasteiger partial charge in [-0.1, -0.05) is 30.6 Å². The standard InChI is InChI=1S/C12H18N2O2/c1-8(2)7-16-11-5-4-9(3)6-10(11)12(13)14-15/h4-6,8,15H,7H2,1-3H3,(H2,13,14). The zero-order valence-corrected chi connectivity index (χ0v) is 9.90. The first kappa shape index (κ1) is 12.4. The Bertz CT molecular complexity index is 387. The molecule has 0 saturated carbocycles. The highest BCUT2D eigenvalue weighted by Crippen LogP contribution is 2.20. The molecule has 0 aliphatic carbocycles. The topological polar surface area (TPSA) is 67.8 Å². The van der Waals surface area contributed by atoms with Gasteiger partial charge in [-0.3, -0.25) is 0 Å². The summed E-state index contributed by atoms with van der Waals surface area (Å²) >= 11 is 0. The van der Waals surface area contributed by atoms with Crippen molar-refractivity contribution in [1.29, 1.82) is 0 Å². The number of benzene rings is 1. The first-order chi connectivity index (χ1) is 7.54. The van der Waals surface area contributed by atoms with Crippen LogP contribution in [0.3, 0.4) is 0 Å². The van der Waals surface area contributed by atoms with E-state index in [0.29, 0.717) is 23.8 Å². The fourth-order valence-electron chi connectivity index (χ4n) is 1.28. The van der Waals surface area contributed by atoms with E-state index in [1.54, 1.807) is 0 Å². The van der Waals surface area contributed by atoms with Crippen LogP contribution in [0.4, 0.5) is 0 Å². The molecule has 88 valence electrons. The molecule has 3 N–H and O–H groups in total. The van der Waals surface area contributed by atoms with E-state index in [2.05, 4.69) is 19.0 Å². The first-order valence-electron chi connectivity index (χ1n) is 5.26. The summed E-state index contributed by atoms with van der Waals surface area (Å²) in [7, 11) is 0. The Kier molecular flexibility index (Phi) is 4.17. The molecule has 0 fully saturated rings. The molecule has 4 heteroatoms. The molecule has 4 nitrogen and oxygen atoms in total. The van der Waals surface area contributed by atoms with Crippen molar-refractivity contribution in [2.45, 2.75) is 20.8 Å². The molecule has 0 aliphatic rings. The van der Waals surface area contributed by atoms with E-state index in [9.17, 15) is 0 Å². The Hall–Kier alpha value is -1.71. The van der Waals surface area contributed by atoms with Crippen LogP contribution in [0.15, 0.2) is 23.4 Å². The second-order valence-corrected chi connectivity index (χ2v) is 4.19. The maximum absolute atomic E-state index is 8.69. The molecule has 1 aromatic rings. The summed E-state index contributed by atoms with van der Waals surface area (Å²) in [6.45, 7) is 6.68. The lowest BCUT2D eigenvalue weighted by Gasteiger charge is -2.12. The van der Waals surface area contributed by atoms with Gasteiger partial charge >= 0.3 is 0 Å². The van der Waals surface area contributed by atoms with Crippen molar-refractivity contribution in [1.82, 2.24) is 0 Å². The number of ether oxygens (including phenoxy) is 1. The number of hydrogen-bond acceptors (Lipinski definition) is 3. The summed E-state index contributed by atoms with van der Waals surface area (Å²) < 4.78 is 5.60. The quantitative estimate of drug-likeness (QED) is 0.355. The Balaban J connectivity index is 2.98. The van der Waals surface area contributed by atoms with E-state index < -0.39 is 0 Å². The number of oxime groups is 1. The van der Waals surface area contributed by atoms with Gasteiger partial charge in [0.2, 0.25) is 0 Å². The molecular formula is C12H18N2O2. The van der Waals surface area contributed by atoms with E-state index in [-0.39, 0.29) is 5.84 Å². The average molecular weight is 222 g/mol. The number of hydrogen-bond donors (Lipinski definition) is 2. The van der Waals surface area contributed by atoms with Crippen LogP contribution in [0.2, 0.25) is 0 Å². The first-order valence-corrected chi connectivity index (χ1v) is 5.26. The third kappa shape index (κ3) is 3.15. The van der Waals surface area contributed by atoms with Crippen molar-refractivity contribution in [3.05, 3.63) is 29.3 Å². The van der Waals surface area contributed by atoms with Gasteiger partial charge < -0.3 is 15.7 Å². The number of aryl methyl sites for hydroxylation is 1. The number of rotatable bonds is 4. The average Bonchev–Trinajstić information content (AvgIpc) is 2.26. The van der Waals surface area contributed by atoms with Crippen LogP contribution in [0, 0.1) is 12.8 Å². The molecule has 0 spiro atoms. The minimum atomic E-state index is 0.0717. The van der Waals surface area contributed by atoms with Crippen LogP contribution in [-0.2, 0) is 0 Å². The zero-order chi connectivity index (χ0) is 12.1. The van der Waals surface area contributed by atoms with Crippen molar-refractivity contribution in [2.24, 2.45) is 16.8 Å². The molecule has 0 unspecified atom stereocenters.